The zero-order chi connectivity index (χ0) is 27.7. The lowest BCUT2D eigenvalue weighted by Crippen LogP contribution is -2.33. The molecule has 1 amide bonds. The van der Waals surface area contributed by atoms with Gasteiger partial charge in [-0.25, -0.2) is 0 Å². The van der Waals surface area contributed by atoms with E-state index in [2.05, 4.69) is 25.8 Å². The van der Waals surface area contributed by atoms with Gasteiger partial charge in [0.25, 0.3) is 5.91 Å². The Hall–Kier alpha value is -4.32. The first kappa shape index (κ1) is 26.3. The van der Waals surface area contributed by atoms with Crippen molar-refractivity contribution in [1.82, 2.24) is 9.88 Å². The van der Waals surface area contributed by atoms with Crippen molar-refractivity contribution in [3.63, 3.8) is 0 Å². The summed E-state index contributed by atoms with van der Waals surface area (Å²) in [6, 6.07) is 22.6. The Morgan fingerprint density at radius 2 is 1.74 bits per heavy atom. The van der Waals surface area contributed by atoms with E-state index in [-0.39, 0.29) is 23.2 Å². The molecule has 0 aliphatic carbocycles. The molecule has 5 rings (SSSR count). The van der Waals surface area contributed by atoms with Crippen LogP contribution in [-0.2, 0) is 27.8 Å². The molecule has 0 unspecified atom stereocenters. The van der Waals surface area contributed by atoms with Crippen LogP contribution < -0.4 is 4.74 Å². The maximum Gasteiger partial charge on any atom is 0.290 e. The molecule has 1 aliphatic heterocycles. The monoisotopic (exact) mass is 522 g/mol. The van der Waals surface area contributed by atoms with Crippen LogP contribution in [0.2, 0.25) is 0 Å². The van der Waals surface area contributed by atoms with Gasteiger partial charge in [-0.3, -0.25) is 9.59 Å². The molecule has 200 valence electrons. The highest BCUT2D eigenvalue weighted by atomic mass is 16.5. The van der Waals surface area contributed by atoms with Gasteiger partial charge >= 0.3 is 0 Å². The molecule has 39 heavy (non-hydrogen) atoms. The average Bonchev–Trinajstić information content (AvgIpc) is 3.44. The first-order valence-corrected chi connectivity index (χ1v) is 13.2. The van der Waals surface area contributed by atoms with Crippen molar-refractivity contribution < 1.29 is 19.4 Å². The fourth-order valence-corrected chi connectivity index (χ4v) is 5.29. The van der Waals surface area contributed by atoms with Gasteiger partial charge in [0.05, 0.1) is 18.7 Å². The fraction of sp³-hybridized carbons (Fsp3) is 0.273. The summed E-state index contributed by atoms with van der Waals surface area (Å²) in [5, 5.41) is 12.1. The lowest BCUT2D eigenvalue weighted by Gasteiger charge is -2.28. The minimum absolute atomic E-state index is 0.0377. The summed E-state index contributed by atoms with van der Waals surface area (Å²) in [6.45, 7) is 6.76. The van der Waals surface area contributed by atoms with E-state index in [1.54, 1.807) is 12.0 Å². The van der Waals surface area contributed by atoms with Crippen LogP contribution in [0.5, 0.6) is 5.75 Å². The van der Waals surface area contributed by atoms with Gasteiger partial charge in [-0.1, -0.05) is 75.4 Å². The number of amides is 1. The van der Waals surface area contributed by atoms with Gasteiger partial charge in [0.1, 0.15) is 5.75 Å². The summed E-state index contributed by atoms with van der Waals surface area (Å²) in [5.41, 5.74) is 4.92. The van der Waals surface area contributed by atoms with E-state index >= 15 is 0 Å². The molecular weight excluding hydrogens is 488 g/mol. The van der Waals surface area contributed by atoms with E-state index in [1.165, 1.54) is 0 Å². The van der Waals surface area contributed by atoms with Crippen molar-refractivity contribution >= 4 is 22.6 Å². The quantitative estimate of drug-likeness (QED) is 0.288. The fourth-order valence-electron chi connectivity index (χ4n) is 5.29. The van der Waals surface area contributed by atoms with Gasteiger partial charge in [0.15, 0.2) is 11.5 Å². The Kier molecular flexibility index (Phi) is 7.04. The number of benzene rings is 3. The zero-order valence-corrected chi connectivity index (χ0v) is 22.8. The minimum atomic E-state index is -0.664. The smallest absolute Gasteiger partial charge is 0.290 e. The number of hydrogen-bond donors (Lipinski definition) is 2. The van der Waals surface area contributed by atoms with Crippen molar-refractivity contribution in [3.05, 3.63) is 113 Å². The molecule has 1 atom stereocenters. The van der Waals surface area contributed by atoms with Crippen LogP contribution in [0.1, 0.15) is 49.1 Å². The number of aliphatic hydroxyl groups excluding tert-OH is 1. The van der Waals surface area contributed by atoms with Crippen LogP contribution in [0, 0.1) is 0 Å². The molecule has 0 fully saturated rings. The van der Waals surface area contributed by atoms with E-state index in [0.717, 1.165) is 38.9 Å². The normalized spacial score (nSPS) is 15.8. The van der Waals surface area contributed by atoms with E-state index < -0.39 is 17.7 Å². The number of rotatable bonds is 8. The molecule has 0 spiro atoms. The number of carbonyl (C=O) groups is 2. The summed E-state index contributed by atoms with van der Waals surface area (Å²) in [4.78, 5) is 31.9. The summed E-state index contributed by atoms with van der Waals surface area (Å²) < 4.78 is 5.40. The molecule has 2 heterocycles. The second-order valence-corrected chi connectivity index (χ2v) is 11.1. The topological polar surface area (TPSA) is 82.6 Å². The third-order valence-corrected chi connectivity index (χ3v) is 7.50. The maximum absolute atomic E-state index is 13.6. The summed E-state index contributed by atoms with van der Waals surface area (Å²) in [7, 11) is 1.63. The Bertz CT molecular complexity index is 1540. The van der Waals surface area contributed by atoms with Gasteiger partial charge in [-0.05, 0) is 52.3 Å². The zero-order valence-electron chi connectivity index (χ0n) is 22.8. The molecule has 0 bridgehead atoms. The van der Waals surface area contributed by atoms with Crippen LogP contribution in [0.25, 0.3) is 10.9 Å². The van der Waals surface area contributed by atoms with Gasteiger partial charge in [0.2, 0.25) is 0 Å². The number of nitrogens with one attached hydrogen (secondary N) is 1. The number of ether oxygens (including phenoxy) is 1. The third-order valence-electron chi connectivity index (χ3n) is 7.50. The van der Waals surface area contributed by atoms with Crippen molar-refractivity contribution in [3.8, 4) is 5.75 Å². The number of methoxy groups -OCH3 is 1. The van der Waals surface area contributed by atoms with Crippen molar-refractivity contribution in [2.24, 2.45) is 0 Å². The highest BCUT2D eigenvalue weighted by molar-refractivity contribution is 6.09. The first-order valence-electron chi connectivity index (χ1n) is 13.2. The Morgan fingerprint density at radius 1 is 1.03 bits per heavy atom. The minimum Gasteiger partial charge on any atom is -0.503 e. The number of aliphatic hydroxyl groups is 1. The van der Waals surface area contributed by atoms with Crippen LogP contribution in [0.15, 0.2) is 90.3 Å². The second-order valence-electron chi connectivity index (χ2n) is 11.1. The van der Waals surface area contributed by atoms with Crippen molar-refractivity contribution in [1.29, 1.82) is 0 Å². The van der Waals surface area contributed by atoms with Gasteiger partial charge in [-0.15, -0.1) is 0 Å². The molecule has 1 aliphatic rings. The van der Waals surface area contributed by atoms with Crippen LogP contribution >= 0.6 is 0 Å². The molecule has 2 N–H and O–H groups in total. The molecule has 3 aromatic carbocycles. The lowest BCUT2D eigenvalue weighted by atomic mass is 9.85. The van der Waals surface area contributed by atoms with E-state index in [1.807, 2.05) is 79.0 Å². The standard InChI is InChI=1S/C33H34N2O4/c1-33(2,3)24-12-10-22(11-13-24)30-29(28(36)18-21-8-6-5-7-9-21)31(37)32(38)35(30)17-16-23-20-34-27-15-14-25(39-4)19-26(23)27/h5-15,19-20,30,34,37H,16-18H2,1-4H3/t30-/m1/s1. The van der Waals surface area contributed by atoms with Crippen LogP contribution in [-0.4, -0.2) is 40.3 Å². The summed E-state index contributed by atoms with van der Waals surface area (Å²) in [5.74, 6) is -0.475. The molecule has 4 aromatic rings. The van der Waals surface area contributed by atoms with Crippen LogP contribution in [0.3, 0.4) is 0 Å². The number of fused-ring (bicyclic) bond motifs is 1. The van der Waals surface area contributed by atoms with E-state index in [4.69, 9.17) is 4.74 Å². The number of H-pyrrole nitrogens is 1. The molecular formula is C33H34N2O4. The predicted octanol–water partition coefficient (Wildman–Crippen LogP) is 6.22. The molecule has 6 nitrogen and oxygen atoms in total. The van der Waals surface area contributed by atoms with Gasteiger partial charge in [-0.2, -0.15) is 0 Å². The summed E-state index contributed by atoms with van der Waals surface area (Å²) >= 11 is 0. The number of hydrogen-bond acceptors (Lipinski definition) is 4. The largest absolute Gasteiger partial charge is 0.503 e. The number of ketones is 1. The predicted molar refractivity (Wildman–Crippen MR) is 153 cm³/mol. The summed E-state index contributed by atoms with van der Waals surface area (Å²) in [6.07, 6.45) is 2.59. The molecule has 0 saturated heterocycles. The van der Waals surface area contributed by atoms with Gasteiger partial charge < -0.3 is 19.7 Å². The van der Waals surface area contributed by atoms with E-state index in [9.17, 15) is 14.7 Å². The lowest BCUT2D eigenvalue weighted by molar-refractivity contribution is -0.129. The average molecular weight is 523 g/mol. The van der Waals surface area contributed by atoms with Crippen LogP contribution in [0.4, 0.5) is 0 Å². The van der Waals surface area contributed by atoms with Crippen molar-refractivity contribution in [2.75, 3.05) is 13.7 Å². The van der Waals surface area contributed by atoms with Gasteiger partial charge in [0, 0.05) is 30.1 Å². The second kappa shape index (κ2) is 10.4. The highest BCUT2D eigenvalue weighted by Gasteiger charge is 2.43. The number of nitrogens with zero attached hydrogens (tertiary/aromatic N) is 1. The Labute approximate surface area is 228 Å². The Morgan fingerprint density at radius 3 is 2.41 bits per heavy atom. The molecule has 0 saturated carbocycles. The number of aromatic nitrogens is 1. The number of carbonyl (C=O) groups excluding carboxylic acids is 2. The highest BCUT2D eigenvalue weighted by Crippen LogP contribution is 2.39. The third kappa shape index (κ3) is 5.19. The van der Waals surface area contributed by atoms with E-state index in [0.29, 0.717) is 13.0 Å². The molecule has 1 aromatic heterocycles. The van der Waals surface area contributed by atoms with Crippen molar-refractivity contribution in [2.45, 2.75) is 45.1 Å². The number of Topliss-reactive ketones (excluding diaryl/α,β-unsaturated/α-hetero) is 1. The molecule has 6 heteroatoms. The first-order chi connectivity index (χ1) is 18.7. The Balaban J connectivity index is 1.49. The molecule has 0 radical (unpaired) electrons. The number of aromatic amines is 1. The maximum atomic E-state index is 13.6. The SMILES string of the molecule is COc1ccc2[nH]cc(CCN3C(=O)C(O)=C(C(=O)Cc4ccccc4)[C@H]3c3ccc(C(C)(C)C)cc3)c2c1.